The first-order valence-corrected chi connectivity index (χ1v) is 7.21. The number of nitrogens with one attached hydrogen (secondary N) is 2. The van der Waals surface area contributed by atoms with E-state index in [4.69, 9.17) is 5.11 Å². The fourth-order valence-corrected chi connectivity index (χ4v) is 2.63. The minimum atomic E-state index is -1.09. The minimum Gasteiger partial charge on any atom is -0.478 e. The first-order valence-electron chi connectivity index (χ1n) is 6.40. The highest BCUT2D eigenvalue weighted by molar-refractivity contribution is 7.16. The van der Waals surface area contributed by atoms with Crippen LogP contribution in [0.5, 0.6) is 0 Å². The molecule has 3 N–H and O–H groups in total. The second kappa shape index (κ2) is 7.07. The number of carbonyl (C=O) groups is 3. The van der Waals surface area contributed by atoms with Gasteiger partial charge in [-0.25, -0.2) is 9.59 Å². The molecule has 0 atom stereocenters. The van der Waals surface area contributed by atoms with E-state index < -0.39 is 12.0 Å². The molecule has 0 aliphatic heterocycles. The molecule has 0 aliphatic rings. The number of aryl methyl sites for hydroxylation is 1. The maximum atomic E-state index is 11.7. The number of urea groups is 1. The molecular formula is C13H19N3O4S. The van der Waals surface area contributed by atoms with Crippen LogP contribution in [0.1, 0.15) is 27.7 Å². The molecule has 1 heterocycles. The third-order valence-electron chi connectivity index (χ3n) is 3.13. The molecule has 0 spiro atoms. The number of hydrogen-bond acceptors (Lipinski definition) is 4. The molecule has 8 heteroatoms. The maximum absolute atomic E-state index is 11.7. The summed E-state index contributed by atoms with van der Waals surface area (Å²) in [5, 5.41) is 14.3. The number of carboxylic acid groups (broad SMARTS) is 1. The number of nitrogens with zero attached hydrogens (tertiary/aromatic N) is 1. The van der Waals surface area contributed by atoms with Gasteiger partial charge in [0.05, 0.1) is 12.1 Å². The van der Waals surface area contributed by atoms with E-state index in [0.29, 0.717) is 12.1 Å². The van der Waals surface area contributed by atoms with E-state index in [2.05, 4.69) is 10.6 Å². The Labute approximate surface area is 126 Å². The van der Waals surface area contributed by atoms with Crippen molar-refractivity contribution in [2.45, 2.75) is 20.8 Å². The van der Waals surface area contributed by atoms with Crippen molar-refractivity contribution in [3.05, 3.63) is 16.0 Å². The van der Waals surface area contributed by atoms with Crippen LogP contribution in [-0.2, 0) is 4.79 Å². The van der Waals surface area contributed by atoms with Crippen LogP contribution < -0.4 is 10.6 Å². The Morgan fingerprint density at radius 2 is 1.90 bits per heavy atom. The predicted octanol–water partition coefficient (Wildman–Crippen LogP) is 1.66. The number of anilines is 1. The molecular weight excluding hydrogens is 294 g/mol. The van der Waals surface area contributed by atoms with E-state index in [0.717, 1.165) is 4.88 Å². The van der Waals surface area contributed by atoms with E-state index in [1.807, 2.05) is 6.92 Å². The zero-order chi connectivity index (χ0) is 16.2. The van der Waals surface area contributed by atoms with Crippen LogP contribution in [0.2, 0.25) is 0 Å². The Morgan fingerprint density at radius 1 is 1.29 bits per heavy atom. The summed E-state index contributed by atoms with van der Waals surface area (Å²) in [5.41, 5.74) is 0.717. The smallest absolute Gasteiger partial charge is 0.338 e. The minimum absolute atomic E-state index is 0.0876. The van der Waals surface area contributed by atoms with E-state index in [-0.39, 0.29) is 23.0 Å². The summed E-state index contributed by atoms with van der Waals surface area (Å²) in [6.45, 7) is 5.72. The average molecular weight is 313 g/mol. The van der Waals surface area contributed by atoms with E-state index in [9.17, 15) is 14.4 Å². The largest absolute Gasteiger partial charge is 0.478 e. The van der Waals surface area contributed by atoms with Crippen molar-refractivity contribution >= 4 is 34.2 Å². The highest BCUT2D eigenvalue weighted by Gasteiger charge is 2.20. The Hall–Kier alpha value is -2.09. The number of hydrogen-bond donors (Lipinski definition) is 3. The lowest BCUT2D eigenvalue weighted by atomic mass is 10.1. The number of carbonyl (C=O) groups excluding carboxylic acids is 2. The summed E-state index contributed by atoms with van der Waals surface area (Å²) in [7, 11) is 1.64. The van der Waals surface area contributed by atoms with Crippen molar-refractivity contribution in [2.75, 3.05) is 25.5 Å². The lowest BCUT2D eigenvalue weighted by molar-refractivity contribution is -0.128. The van der Waals surface area contributed by atoms with Gasteiger partial charge in [-0.15, -0.1) is 11.3 Å². The third-order valence-corrected chi connectivity index (χ3v) is 4.25. The molecule has 0 aromatic carbocycles. The van der Waals surface area contributed by atoms with Crippen molar-refractivity contribution < 1.29 is 19.5 Å². The Morgan fingerprint density at radius 3 is 2.43 bits per heavy atom. The molecule has 0 bridgehead atoms. The van der Waals surface area contributed by atoms with E-state index >= 15 is 0 Å². The van der Waals surface area contributed by atoms with Crippen molar-refractivity contribution in [1.82, 2.24) is 10.2 Å². The number of likely N-dealkylation sites (N-methyl/N-ethyl adjacent to an activating group) is 1. The van der Waals surface area contributed by atoms with Gasteiger partial charge in [0, 0.05) is 18.5 Å². The molecule has 1 rings (SSSR count). The number of thiophene rings is 1. The fraction of sp³-hybridized carbons (Fsp3) is 0.462. The quantitative estimate of drug-likeness (QED) is 0.770. The summed E-state index contributed by atoms with van der Waals surface area (Å²) in [6.07, 6.45) is 0. The zero-order valence-electron chi connectivity index (χ0n) is 12.4. The summed E-state index contributed by atoms with van der Waals surface area (Å²) in [6, 6.07) is -0.600. The van der Waals surface area contributed by atoms with Crippen LogP contribution in [0.3, 0.4) is 0 Å². The summed E-state index contributed by atoms with van der Waals surface area (Å²) < 4.78 is 0. The van der Waals surface area contributed by atoms with Crippen molar-refractivity contribution in [2.24, 2.45) is 0 Å². The maximum Gasteiger partial charge on any atom is 0.338 e. The van der Waals surface area contributed by atoms with Gasteiger partial charge < -0.3 is 15.3 Å². The Balaban J connectivity index is 2.70. The molecule has 0 fully saturated rings. The first kappa shape index (κ1) is 17.0. The summed E-state index contributed by atoms with van der Waals surface area (Å²) in [4.78, 5) is 36.8. The highest BCUT2D eigenvalue weighted by atomic mass is 32.1. The Bertz CT molecular complexity index is 568. The monoisotopic (exact) mass is 313 g/mol. The third kappa shape index (κ3) is 4.19. The number of carboxylic acids is 1. The second-order valence-electron chi connectivity index (χ2n) is 4.51. The van der Waals surface area contributed by atoms with Crippen LogP contribution in [0, 0.1) is 13.8 Å². The van der Waals surface area contributed by atoms with Gasteiger partial charge in [-0.2, -0.15) is 0 Å². The van der Waals surface area contributed by atoms with Crippen LogP contribution in [0.4, 0.5) is 9.80 Å². The lowest BCUT2D eigenvalue weighted by Crippen LogP contribution is -2.39. The number of amides is 3. The van der Waals surface area contributed by atoms with Crippen LogP contribution in [-0.4, -0.2) is 48.1 Å². The summed E-state index contributed by atoms with van der Waals surface area (Å²) >= 11 is 1.19. The normalized spacial score (nSPS) is 10.1. The second-order valence-corrected chi connectivity index (χ2v) is 5.73. The van der Waals surface area contributed by atoms with Gasteiger partial charge in [-0.3, -0.25) is 10.1 Å². The molecule has 1 aromatic heterocycles. The van der Waals surface area contributed by atoms with Gasteiger partial charge >= 0.3 is 12.0 Å². The van der Waals surface area contributed by atoms with Crippen LogP contribution >= 0.6 is 11.3 Å². The highest BCUT2D eigenvalue weighted by Crippen LogP contribution is 2.32. The first-order chi connectivity index (χ1) is 9.77. The molecule has 7 nitrogen and oxygen atoms in total. The fourth-order valence-electron chi connectivity index (χ4n) is 1.59. The predicted molar refractivity (Wildman–Crippen MR) is 81.1 cm³/mol. The number of rotatable bonds is 5. The average Bonchev–Trinajstić information content (AvgIpc) is 2.70. The molecule has 0 radical (unpaired) electrons. The SMILES string of the molecule is CCN(C)C(=O)CNC(=O)Nc1sc(C)c(C)c1C(=O)O. The van der Waals surface area contributed by atoms with E-state index in [1.54, 1.807) is 20.9 Å². The number of aromatic carboxylic acids is 1. The van der Waals surface area contributed by atoms with Gasteiger partial charge in [0.1, 0.15) is 5.00 Å². The molecule has 116 valence electrons. The van der Waals surface area contributed by atoms with Gasteiger partial charge in [-0.1, -0.05) is 0 Å². The van der Waals surface area contributed by atoms with Crippen molar-refractivity contribution in [1.29, 1.82) is 0 Å². The molecule has 0 saturated heterocycles. The van der Waals surface area contributed by atoms with Crippen molar-refractivity contribution in [3.63, 3.8) is 0 Å². The molecule has 1 aromatic rings. The lowest BCUT2D eigenvalue weighted by Gasteiger charge is -2.14. The van der Waals surface area contributed by atoms with E-state index in [1.165, 1.54) is 16.2 Å². The van der Waals surface area contributed by atoms with Gasteiger partial charge in [-0.05, 0) is 26.3 Å². The topological polar surface area (TPSA) is 98.7 Å². The van der Waals surface area contributed by atoms with Crippen molar-refractivity contribution in [3.8, 4) is 0 Å². The van der Waals surface area contributed by atoms with Crippen LogP contribution in [0.15, 0.2) is 0 Å². The molecule has 3 amide bonds. The standard InChI is InChI=1S/C13H19N3O4S/c1-5-16(4)9(17)6-14-13(20)15-11-10(12(18)19)7(2)8(3)21-11/h5-6H2,1-4H3,(H,18,19)(H2,14,15,20). The molecule has 0 unspecified atom stereocenters. The van der Waals surface area contributed by atoms with Gasteiger partial charge in [0.25, 0.3) is 0 Å². The van der Waals surface area contributed by atoms with Crippen LogP contribution in [0.25, 0.3) is 0 Å². The molecule has 0 saturated carbocycles. The van der Waals surface area contributed by atoms with Gasteiger partial charge in [0.15, 0.2) is 0 Å². The molecule has 0 aliphatic carbocycles. The molecule has 21 heavy (non-hydrogen) atoms. The van der Waals surface area contributed by atoms with Gasteiger partial charge in [0.2, 0.25) is 5.91 Å². The Kier molecular flexibility index (Phi) is 5.71. The zero-order valence-corrected chi connectivity index (χ0v) is 13.3. The summed E-state index contributed by atoms with van der Waals surface area (Å²) in [5.74, 6) is -1.31.